The molecule has 260 valence electrons. The first kappa shape index (κ1) is 35.6. The highest BCUT2D eigenvalue weighted by Gasteiger charge is 2.52. The monoisotopic (exact) mass is 740 g/mol. The molecule has 2 N–H and O–H groups in total. The Hall–Kier alpha value is -4.26. The largest absolute Gasteiger partial charge is 0.496 e. The molecule has 1 saturated heterocycles. The number of ether oxygens (including phenoxy) is 2. The van der Waals surface area contributed by atoms with Crippen LogP contribution >= 0.6 is 15.9 Å². The first-order valence-electron chi connectivity index (χ1n) is 16.8. The first-order valence-corrected chi connectivity index (χ1v) is 17.6. The normalized spacial score (nSPS) is 18.5. The van der Waals surface area contributed by atoms with Gasteiger partial charge in [-0.1, -0.05) is 66.7 Å². The van der Waals surface area contributed by atoms with Crippen molar-refractivity contribution in [2.24, 2.45) is 0 Å². The van der Waals surface area contributed by atoms with Gasteiger partial charge in [0.2, 0.25) is 0 Å². The van der Waals surface area contributed by atoms with Crippen LogP contribution in [0.4, 0.5) is 9.59 Å². The molecule has 2 aromatic carbocycles. The van der Waals surface area contributed by atoms with Crippen LogP contribution in [0, 0.1) is 0 Å². The minimum atomic E-state index is -0.444. The van der Waals surface area contributed by atoms with Crippen molar-refractivity contribution in [1.82, 2.24) is 20.6 Å². The van der Waals surface area contributed by atoms with Gasteiger partial charge >= 0.3 is 19.3 Å². The van der Waals surface area contributed by atoms with Crippen molar-refractivity contribution < 1.29 is 28.4 Å². The van der Waals surface area contributed by atoms with Crippen LogP contribution in [0.3, 0.4) is 0 Å². The predicted molar refractivity (Wildman–Crippen MR) is 193 cm³/mol. The van der Waals surface area contributed by atoms with Crippen LogP contribution in [0.1, 0.15) is 75.9 Å². The molecule has 0 radical (unpaired) electrons. The zero-order valence-corrected chi connectivity index (χ0v) is 30.4. The van der Waals surface area contributed by atoms with E-state index in [0.29, 0.717) is 0 Å². The lowest BCUT2D eigenvalue weighted by molar-refractivity contribution is 0.00578. The molecule has 3 heterocycles. The summed E-state index contributed by atoms with van der Waals surface area (Å²) >= 11 is 3.36. The molecule has 2 amide bonds. The smallest absolute Gasteiger partial charge is 0.445 e. The second-order valence-electron chi connectivity index (χ2n) is 14.0. The number of alkyl carbamates (subject to hydrolysis) is 2. The lowest BCUT2D eigenvalue weighted by Crippen LogP contribution is -2.41. The van der Waals surface area contributed by atoms with E-state index in [9.17, 15) is 9.59 Å². The van der Waals surface area contributed by atoms with Crippen LogP contribution in [0.15, 0.2) is 102 Å². The van der Waals surface area contributed by atoms with Gasteiger partial charge in [-0.25, -0.2) is 9.59 Å². The molecular weight excluding hydrogens is 699 g/mol. The van der Waals surface area contributed by atoms with Crippen molar-refractivity contribution in [2.45, 2.75) is 88.9 Å². The molecule has 3 fully saturated rings. The van der Waals surface area contributed by atoms with Gasteiger partial charge in [-0.05, 0) is 98.6 Å². The summed E-state index contributed by atoms with van der Waals surface area (Å²) in [7, 11) is -0.444. The summed E-state index contributed by atoms with van der Waals surface area (Å²) in [6.07, 6.45) is 6.15. The molecule has 1 aliphatic heterocycles. The highest BCUT2D eigenvalue weighted by Crippen LogP contribution is 2.45. The standard InChI is InChI=1S/C22H27BN2O4.C16H15BrN2O2/c1-20(2)21(3,4)29-23(28-20)17-10-11-18(24-14-17)22(12-13-22)25-19(26)27-15-16-8-6-5-7-9-16;17-13-6-7-14(18-10-13)16(8-9-16)19-15(20)21-11-12-4-2-1-3-5-12/h5-11,14H,12-13,15H2,1-4H3,(H,25,26);1-7,10H,8-9,11H2,(H,19,20). The number of carbonyl (C=O) groups is 2. The molecule has 0 unspecified atom stereocenters. The van der Waals surface area contributed by atoms with Gasteiger partial charge in [-0.3, -0.25) is 9.97 Å². The third-order valence-corrected chi connectivity index (χ3v) is 10.1. The summed E-state index contributed by atoms with van der Waals surface area (Å²) < 4.78 is 23.7. The van der Waals surface area contributed by atoms with Gasteiger partial charge in [0.25, 0.3) is 0 Å². The zero-order valence-electron chi connectivity index (χ0n) is 28.8. The molecule has 0 bridgehead atoms. The fourth-order valence-electron chi connectivity index (χ4n) is 5.52. The molecule has 2 saturated carbocycles. The highest BCUT2D eigenvalue weighted by atomic mass is 79.9. The summed E-state index contributed by atoms with van der Waals surface area (Å²) in [5.41, 5.74) is 2.93. The molecule has 12 heteroatoms. The van der Waals surface area contributed by atoms with Crippen LogP contribution in [-0.2, 0) is 43.1 Å². The average Bonchev–Trinajstić information content (AvgIpc) is 4.04. The Morgan fingerprint density at radius 1 is 0.680 bits per heavy atom. The molecule has 3 aliphatic rings. The van der Waals surface area contributed by atoms with Crippen molar-refractivity contribution in [1.29, 1.82) is 0 Å². The first-order chi connectivity index (χ1) is 23.9. The number of amides is 2. The Morgan fingerprint density at radius 3 is 1.50 bits per heavy atom. The highest BCUT2D eigenvalue weighted by molar-refractivity contribution is 9.10. The average molecular weight is 741 g/mol. The molecule has 2 aliphatic carbocycles. The SMILES string of the molecule is CC1(C)OB(c2ccc(C3(NC(=O)OCc4ccccc4)CC3)nc2)OC1(C)C.O=C(NC1(c2ccc(Br)cn2)CC1)OCc1ccccc1. The number of pyridine rings is 2. The third-order valence-electron chi connectivity index (χ3n) is 9.63. The summed E-state index contributed by atoms with van der Waals surface area (Å²) in [4.78, 5) is 33.2. The second-order valence-corrected chi connectivity index (χ2v) is 14.9. The van der Waals surface area contributed by atoms with E-state index in [4.69, 9.17) is 18.8 Å². The molecule has 4 aromatic rings. The maximum Gasteiger partial charge on any atom is 0.496 e. The number of hydrogen-bond donors (Lipinski definition) is 2. The van der Waals surface area contributed by atoms with Crippen molar-refractivity contribution >= 4 is 40.7 Å². The molecule has 50 heavy (non-hydrogen) atoms. The van der Waals surface area contributed by atoms with E-state index in [1.165, 1.54) is 0 Å². The minimum absolute atomic E-state index is 0.247. The number of carbonyl (C=O) groups excluding carboxylic acids is 2. The lowest BCUT2D eigenvalue weighted by atomic mass is 9.80. The van der Waals surface area contributed by atoms with Gasteiger partial charge in [0.15, 0.2) is 0 Å². The van der Waals surface area contributed by atoms with Crippen molar-refractivity contribution in [3.63, 3.8) is 0 Å². The Bertz CT molecular complexity index is 1750. The molecule has 7 rings (SSSR count). The Morgan fingerprint density at radius 2 is 1.12 bits per heavy atom. The van der Waals surface area contributed by atoms with E-state index in [0.717, 1.165) is 58.1 Å². The third kappa shape index (κ3) is 8.54. The van der Waals surface area contributed by atoms with Gasteiger partial charge in [0.05, 0.1) is 33.7 Å². The van der Waals surface area contributed by atoms with Gasteiger partial charge in [0, 0.05) is 22.3 Å². The van der Waals surface area contributed by atoms with E-state index in [1.54, 1.807) is 12.4 Å². The van der Waals surface area contributed by atoms with Gasteiger partial charge < -0.3 is 29.4 Å². The van der Waals surface area contributed by atoms with Gasteiger partial charge in [-0.2, -0.15) is 0 Å². The van der Waals surface area contributed by atoms with Crippen LogP contribution in [-0.4, -0.2) is 40.5 Å². The Kier molecular flexibility index (Phi) is 10.3. The number of aromatic nitrogens is 2. The summed E-state index contributed by atoms with van der Waals surface area (Å²) in [6, 6.07) is 27.0. The minimum Gasteiger partial charge on any atom is -0.445 e. The molecule has 0 atom stereocenters. The molecule has 10 nitrogen and oxygen atoms in total. The van der Waals surface area contributed by atoms with Crippen LogP contribution in [0.2, 0.25) is 0 Å². The molecule has 2 aromatic heterocycles. The lowest BCUT2D eigenvalue weighted by Gasteiger charge is -2.32. The number of nitrogens with zero attached hydrogens (tertiary/aromatic N) is 2. The Balaban J connectivity index is 0.000000182. The predicted octanol–water partition coefficient (Wildman–Crippen LogP) is 7.06. The van der Waals surface area contributed by atoms with Gasteiger partial charge in [-0.15, -0.1) is 0 Å². The summed E-state index contributed by atoms with van der Waals surface area (Å²) in [6.45, 7) is 8.63. The molecule has 0 spiro atoms. The molecular formula is C38H42BBrN4O6. The van der Waals surface area contributed by atoms with Crippen LogP contribution in [0.25, 0.3) is 0 Å². The number of benzene rings is 2. The summed E-state index contributed by atoms with van der Waals surface area (Å²) in [5, 5.41) is 5.92. The van der Waals surface area contributed by atoms with Crippen LogP contribution < -0.4 is 16.1 Å². The topological polar surface area (TPSA) is 121 Å². The number of halogens is 1. The van der Waals surface area contributed by atoms with Gasteiger partial charge in [0.1, 0.15) is 13.2 Å². The summed E-state index contributed by atoms with van der Waals surface area (Å²) in [5.74, 6) is 0. The maximum atomic E-state index is 12.3. The Labute approximate surface area is 302 Å². The van der Waals surface area contributed by atoms with E-state index < -0.39 is 36.0 Å². The number of nitrogens with one attached hydrogen (secondary N) is 2. The second kappa shape index (κ2) is 14.5. The van der Waals surface area contributed by atoms with Crippen molar-refractivity contribution in [3.8, 4) is 0 Å². The quantitative estimate of drug-likeness (QED) is 0.175. The number of hydrogen-bond acceptors (Lipinski definition) is 8. The van der Waals surface area contributed by atoms with Crippen LogP contribution in [0.5, 0.6) is 0 Å². The fraction of sp³-hybridized carbons (Fsp3) is 0.368. The zero-order chi connectivity index (χ0) is 35.4. The van der Waals surface area contributed by atoms with E-state index >= 15 is 0 Å². The van der Waals surface area contributed by atoms with Crippen molar-refractivity contribution in [2.75, 3.05) is 0 Å². The van der Waals surface area contributed by atoms with Crippen molar-refractivity contribution in [3.05, 3.63) is 124 Å². The number of rotatable bonds is 9. The van der Waals surface area contributed by atoms with E-state index in [1.807, 2.05) is 113 Å². The van der Waals surface area contributed by atoms with E-state index in [-0.39, 0.29) is 18.8 Å². The van der Waals surface area contributed by atoms with E-state index in [2.05, 4.69) is 36.5 Å². The maximum absolute atomic E-state index is 12.3. The fourth-order valence-corrected chi connectivity index (χ4v) is 5.75.